The van der Waals surface area contributed by atoms with Gasteiger partial charge >= 0.3 is 0 Å². The van der Waals surface area contributed by atoms with Crippen LogP contribution in [0.3, 0.4) is 0 Å². The highest BCUT2D eigenvalue weighted by molar-refractivity contribution is 5.58. The minimum Gasteiger partial charge on any atom is -0.489 e. The van der Waals surface area contributed by atoms with Crippen molar-refractivity contribution in [3.8, 4) is 5.75 Å². The molecular weight excluding hydrogens is 219 g/mol. The topological polar surface area (TPSA) is 24.5 Å². The maximum Gasteiger partial charge on any atom is 0.142 e. The molecule has 0 radical (unpaired) electrons. The second-order valence-electron chi connectivity index (χ2n) is 4.10. The largest absolute Gasteiger partial charge is 0.489 e. The molecule has 0 amide bonds. The monoisotopic (exact) mass is 238 g/mol. The normalized spacial score (nSPS) is 16.6. The van der Waals surface area contributed by atoms with Crippen LogP contribution in [0.4, 0.5) is 10.1 Å². The fraction of sp³-hybridized carbons (Fsp3) is 0.538. The van der Waals surface area contributed by atoms with Gasteiger partial charge in [0, 0.05) is 19.6 Å². The zero-order valence-corrected chi connectivity index (χ0v) is 9.99. The van der Waals surface area contributed by atoms with Gasteiger partial charge in [0.05, 0.1) is 5.69 Å². The summed E-state index contributed by atoms with van der Waals surface area (Å²) in [5.74, 6) is 0.784. The molecule has 1 aromatic carbocycles. The highest BCUT2D eigenvalue weighted by Crippen LogP contribution is 2.28. The van der Waals surface area contributed by atoms with E-state index >= 15 is 0 Å². The zero-order chi connectivity index (χ0) is 11.9. The number of para-hydroxylation sites is 2. The first-order valence-corrected chi connectivity index (χ1v) is 6.15. The highest BCUT2D eigenvalue weighted by atomic mass is 19.1. The second kappa shape index (κ2) is 6.45. The first kappa shape index (κ1) is 12.2. The number of hydrogen-bond donors (Lipinski definition) is 1. The van der Waals surface area contributed by atoms with E-state index in [9.17, 15) is 4.39 Å². The summed E-state index contributed by atoms with van der Waals surface area (Å²) in [7, 11) is 0. The zero-order valence-electron chi connectivity index (χ0n) is 9.99. The molecular formula is C13H19FN2O. The molecule has 0 atom stereocenters. The lowest BCUT2D eigenvalue weighted by Gasteiger charge is -2.24. The average Bonchev–Trinajstić information content (AvgIpc) is 2.65. The molecule has 4 heteroatoms. The van der Waals surface area contributed by atoms with Crippen molar-refractivity contribution >= 4 is 5.69 Å². The fourth-order valence-corrected chi connectivity index (χ4v) is 2.08. The molecule has 1 N–H and O–H groups in total. The van der Waals surface area contributed by atoms with Crippen molar-refractivity contribution in [3.05, 3.63) is 24.3 Å². The molecule has 0 aromatic heterocycles. The van der Waals surface area contributed by atoms with Crippen LogP contribution < -0.4 is 15.0 Å². The number of benzene rings is 1. The number of alkyl halides is 1. The Balaban J connectivity index is 2.11. The van der Waals surface area contributed by atoms with Crippen molar-refractivity contribution in [3.63, 3.8) is 0 Å². The molecule has 94 valence electrons. The van der Waals surface area contributed by atoms with Gasteiger partial charge in [0.25, 0.3) is 0 Å². The van der Waals surface area contributed by atoms with Gasteiger partial charge in [-0.15, -0.1) is 0 Å². The van der Waals surface area contributed by atoms with Gasteiger partial charge in [0.2, 0.25) is 0 Å². The van der Waals surface area contributed by atoms with Crippen molar-refractivity contribution in [1.29, 1.82) is 0 Å². The molecule has 1 heterocycles. The summed E-state index contributed by atoms with van der Waals surface area (Å²) in [5, 5.41) is 3.37. The fourth-order valence-electron chi connectivity index (χ4n) is 2.08. The number of halogens is 1. The Bertz CT molecular complexity index is 338. The molecule has 1 aliphatic rings. The molecule has 0 aliphatic carbocycles. The van der Waals surface area contributed by atoms with Gasteiger partial charge in [-0.25, -0.2) is 4.39 Å². The Labute approximate surface area is 102 Å². The van der Waals surface area contributed by atoms with Crippen molar-refractivity contribution in [2.45, 2.75) is 6.42 Å². The maximum atomic E-state index is 12.2. The predicted octanol–water partition coefficient (Wildman–Crippen LogP) is 1.83. The van der Waals surface area contributed by atoms with Crippen LogP contribution >= 0.6 is 0 Å². The summed E-state index contributed by atoms with van der Waals surface area (Å²) in [6.07, 6.45) is 1.12. The van der Waals surface area contributed by atoms with E-state index in [0.29, 0.717) is 0 Å². The number of ether oxygens (including phenoxy) is 1. The van der Waals surface area contributed by atoms with Gasteiger partial charge in [-0.2, -0.15) is 0 Å². The Morgan fingerprint density at radius 2 is 2.12 bits per heavy atom. The van der Waals surface area contributed by atoms with Crippen LogP contribution in [0.5, 0.6) is 5.75 Å². The third kappa shape index (κ3) is 3.33. The molecule has 0 bridgehead atoms. The number of anilines is 1. The molecule has 1 fully saturated rings. The molecule has 0 unspecified atom stereocenters. The van der Waals surface area contributed by atoms with Crippen molar-refractivity contribution < 1.29 is 9.13 Å². The Morgan fingerprint density at radius 3 is 3.00 bits per heavy atom. The lowest BCUT2D eigenvalue weighted by molar-refractivity contribution is 0.273. The smallest absolute Gasteiger partial charge is 0.142 e. The van der Waals surface area contributed by atoms with Gasteiger partial charge in [0.1, 0.15) is 19.0 Å². The summed E-state index contributed by atoms with van der Waals surface area (Å²) >= 11 is 0. The van der Waals surface area contributed by atoms with E-state index in [1.807, 2.05) is 24.3 Å². The van der Waals surface area contributed by atoms with Crippen LogP contribution in [-0.4, -0.2) is 39.5 Å². The SMILES string of the molecule is FCCOc1ccccc1N1CCCNCC1. The number of hydrogen-bond acceptors (Lipinski definition) is 3. The van der Waals surface area contributed by atoms with Gasteiger partial charge in [0.15, 0.2) is 0 Å². The molecule has 1 saturated heterocycles. The van der Waals surface area contributed by atoms with Gasteiger partial charge < -0.3 is 15.0 Å². The Morgan fingerprint density at radius 1 is 1.24 bits per heavy atom. The Kier molecular flexibility index (Phi) is 4.62. The quantitative estimate of drug-likeness (QED) is 0.866. The standard InChI is InChI=1S/C13H19FN2O/c14-6-11-17-13-5-2-1-4-12(13)16-9-3-7-15-8-10-16/h1-2,4-5,15H,3,6-11H2. The van der Waals surface area contributed by atoms with Crippen LogP contribution in [0, 0.1) is 0 Å². The van der Waals surface area contributed by atoms with Crippen LogP contribution in [0.1, 0.15) is 6.42 Å². The number of nitrogens with one attached hydrogen (secondary N) is 1. The van der Waals surface area contributed by atoms with E-state index < -0.39 is 6.67 Å². The van der Waals surface area contributed by atoms with Crippen molar-refractivity contribution in [2.24, 2.45) is 0 Å². The summed E-state index contributed by atoms with van der Waals surface area (Å²) in [6.45, 7) is 3.71. The summed E-state index contributed by atoms with van der Waals surface area (Å²) in [4.78, 5) is 2.30. The minimum absolute atomic E-state index is 0.128. The van der Waals surface area contributed by atoms with Gasteiger partial charge in [-0.05, 0) is 25.1 Å². The van der Waals surface area contributed by atoms with E-state index in [0.717, 1.165) is 44.0 Å². The molecule has 1 aromatic rings. The van der Waals surface area contributed by atoms with Gasteiger partial charge in [-0.3, -0.25) is 0 Å². The predicted molar refractivity (Wildman–Crippen MR) is 67.6 cm³/mol. The molecule has 2 rings (SSSR count). The molecule has 3 nitrogen and oxygen atoms in total. The first-order valence-electron chi connectivity index (χ1n) is 6.15. The number of nitrogens with zero attached hydrogens (tertiary/aromatic N) is 1. The van der Waals surface area contributed by atoms with Crippen LogP contribution in [0.2, 0.25) is 0 Å². The first-order chi connectivity index (χ1) is 8.42. The molecule has 17 heavy (non-hydrogen) atoms. The summed E-state index contributed by atoms with van der Waals surface area (Å²) < 4.78 is 17.6. The van der Waals surface area contributed by atoms with Crippen LogP contribution in [-0.2, 0) is 0 Å². The second-order valence-corrected chi connectivity index (χ2v) is 4.10. The van der Waals surface area contributed by atoms with Crippen molar-refractivity contribution in [2.75, 3.05) is 44.4 Å². The van der Waals surface area contributed by atoms with Gasteiger partial charge in [-0.1, -0.05) is 12.1 Å². The Hall–Kier alpha value is -1.29. The van der Waals surface area contributed by atoms with Crippen LogP contribution in [0.15, 0.2) is 24.3 Å². The van der Waals surface area contributed by atoms with E-state index in [2.05, 4.69) is 10.2 Å². The molecule has 0 saturated carbocycles. The lowest BCUT2D eigenvalue weighted by atomic mass is 10.2. The van der Waals surface area contributed by atoms with E-state index in [1.54, 1.807) is 0 Å². The average molecular weight is 238 g/mol. The van der Waals surface area contributed by atoms with E-state index in [4.69, 9.17) is 4.74 Å². The summed E-state index contributed by atoms with van der Waals surface area (Å²) in [6, 6.07) is 7.87. The lowest BCUT2D eigenvalue weighted by Crippen LogP contribution is -2.28. The minimum atomic E-state index is -0.449. The highest BCUT2D eigenvalue weighted by Gasteiger charge is 2.13. The van der Waals surface area contributed by atoms with E-state index in [1.165, 1.54) is 0 Å². The summed E-state index contributed by atoms with van der Waals surface area (Å²) in [5.41, 5.74) is 1.07. The van der Waals surface area contributed by atoms with E-state index in [-0.39, 0.29) is 6.61 Å². The molecule has 0 spiro atoms. The third-order valence-electron chi connectivity index (χ3n) is 2.88. The number of rotatable bonds is 4. The molecule has 1 aliphatic heterocycles. The van der Waals surface area contributed by atoms with Crippen LogP contribution in [0.25, 0.3) is 0 Å². The third-order valence-corrected chi connectivity index (χ3v) is 2.88. The van der Waals surface area contributed by atoms with Crippen molar-refractivity contribution in [1.82, 2.24) is 5.32 Å². The maximum absolute atomic E-state index is 12.2.